The van der Waals surface area contributed by atoms with E-state index < -0.39 is 0 Å². The summed E-state index contributed by atoms with van der Waals surface area (Å²) in [6.45, 7) is 1.52. The van der Waals surface area contributed by atoms with Gasteiger partial charge in [-0.1, -0.05) is 31.2 Å². The Kier molecular flexibility index (Phi) is 8.79. The minimum Gasteiger partial charge on any atom is -0.506 e. The minimum absolute atomic E-state index is 0. The van der Waals surface area contributed by atoms with E-state index in [9.17, 15) is 5.11 Å². The summed E-state index contributed by atoms with van der Waals surface area (Å²) >= 11 is 9.45. The van der Waals surface area contributed by atoms with E-state index in [1.165, 1.54) is 0 Å². The quantitative estimate of drug-likeness (QED) is 0.334. The van der Waals surface area contributed by atoms with Gasteiger partial charge in [0.15, 0.2) is 0 Å². The summed E-state index contributed by atoms with van der Waals surface area (Å²) in [6, 6.07) is 12.0. The molecular formula is C25H33BrClN5O. The van der Waals surface area contributed by atoms with Crippen molar-refractivity contribution in [3.8, 4) is 5.75 Å². The predicted molar refractivity (Wildman–Crippen MR) is 142 cm³/mol. The number of fused-ring (bicyclic) bond motifs is 1. The van der Waals surface area contributed by atoms with Crippen molar-refractivity contribution in [2.24, 2.45) is 5.92 Å². The maximum Gasteiger partial charge on any atom is 0.225 e. The van der Waals surface area contributed by atoms with Gasteiger partial charge in [0, 0.05) is 42.7 Å². The van der Waals surface area contributed by atoms with E-state index in [2.05, 4.69) is 32.6 Å². The number of halogens is 2. The fourth-order valence-electron chi connectivity index (χ4n) is 4.32. The molecule has 6 nitrogen and oxygen atoms in total. The van der Waals surface area contributed by atoms with Crippen molar-refractivity contribution in [2.75, 3.05) is 30.9 Å². The van der Waals surface area contributed by atoms with E-state index in [-0.39, 0.29) is 13.2 Å². The summed E-state index contributed by atoms with van der Waals surface area (Å²) < 4.78 is 0.627. The average molecular weight is 535 g/mol. The molecule has 0 aliphatic heterocycles. The third-order valence-corrected chi connectivity index (χ3v) is 6.86. The summed E-state index contributed by atoms with van der Waals surface area (Å²) in [7, 11) is 4.02. The molecule has 0 spiro atoms. The van der Waals surface area contributed by atoms with Crippen LogP contribution in [0.2, 0.25) is 5.02 Å². The van der Waals surface area contributed by atoms with E-state index in [0.29, 0.717) is 33.9 Å². The van der Waals surface area contributed by atoms with Crippen LogP contribution in [0.25, 0.3) is 10.9 Å². The molecule has 8 heteroatoms. The van der Waals surface area contributed by atoms with Gasteiger partial charge in [-0.25, -0.2) is 4.98 Å². The third-order valence-electron chi connectivity index (χ3n) is 6.04. The Morgan fingerprint density at radius 2 is 1.85 bits per heavy atom. The lowest BCUT2D eigenvalue weighted by molar-refractivity contribution is 0.323. The molecule has 33 heavy (non-hydrogen) atoms. The summed E-state index contributed by atoms with van der Waals surface area (Å²) in [6.07, 6.45) is 4.47. The normalized spacial score (nSPS) is 18.1. The molecular weight excluding hydrogens is 502 g/mol. The van der Waals surface area contributed by atoms with Crippen molar-refractivity contribution < 1.29 is 5.11 Å². The van der Waals surface area contributed by atoms with E-state index in [1.807, 2.05) is 37.2 Å². The second-order valence-electron chi connectivity index (χ2n) is 8.67. The topological polar surface area (TPSA) is 73.3 Å². The van der Waals surface area contributed by atoms with Gasteiger partial charge in [-0.3, -0.25) is 0 Å². The van der Waals surface area contributed by atoms with Gasteiger partial charge in [0.2, 0.25) is 5.95 Å². The van der Waals surface area contributed by atoms with Gasteiger partial charge in [-0.2, -0.15) is 4.98 Å². The fraction of sp³-hybridized carbons (Fsp3) is 0.440. The number of nitrogens with one attached hydrogen (secondary N) is 2. The van der Waals surface area contributed by atoms with Gasteiger partial charge in [0.25, 0.3) is 0 Å². The van der Waals surface area contributed by atoms with Gasteiger partial charge in [-0.05, 0) is 78.3 Å². The maximum atomic E-state index is 10.2. The Morgan fingerprint density at radius 3 is 2.58 bits per heavy atom. The SMILES string of the molecule is C.CN(C)c1nc(NC2CCC(CNCc3cc(Cl)cc(Br)c3O)CC2)nc2ccccc12. The number of benzene rings is 2. The molecule has 0 saturated heterocycles. The average Bonchev–Trinajstić information content (AvgIpc) is 2.77. The number of nitrogens with zero attached hydrogens (tertiary/aromatic N) is 3. The maximum absolute atomic E-state index is 10.2. The largest absolute Gasteiger partial charge is 0.506 e. The molecule has 0 unspecified atom stereocenters. The standard InChI is InChI=1S/C24H29BrClN5O.CH4/c1-31(2)23-19-5-3-4-6-21(19)29-24(30-23)28-18-9-7-15(8-10-18)13-27-14-16-11-17(26)12-20(25)22(16)32;/h3-6,11-12,15,18,27,32H,7-10,13-14H2,1-2H3,(H,28,29,30);1H4. The highest BCUT2D eigenvalue weighted by Gasteiger charge is 2.22. The Morgan fingerprint density at radius 1 is 1.12 bits per heavy atom. The number of phenolic OH excluding ortho intramolecular Hbond substituents is 1. The Bertz CT molecular complexity index is 1090. The molecule has 4 rings (SSSR count). The first-order chi connectivity index (χ1) is 15.4. The van der Waals surface area contributed by atoms with Crippen molar-refractivity contribution in [3.63, 3.8) is 0 Å². The summed E-state index contributed by atoms with van der Waals surface area (Å²) in [5, 5.41) is 18.9. The molecule has 1 aliphatic carbocycles. The second kappa shape index (κ2) is 11.4. The van der Waals surface area contributed by atoms with Gasteiger partial charge >= 0.3 is 0 Å². The molecule has 0 radical (unpaired) electrons. The Hall–Kier alpha value is -2.09. The van der Waals surface area contributed by atoms with Crippen LogP contribution in [-0.4, -0.2) is 41.8 Å². The van der Waals surface area contributed by atoms with Crippen LogP contribution >= 0.6 is 27.5 Å². The molecule has 2 aromatic carbocycles. The van der Waals surface area contributed by atoms with Gasteiger partial charge in [-0.15, -0.1) is 0 Å². The van der Waals surface area contributed by atoms with Crippen molar-refractivity contribution >= 4 is 50.2 Å². The zero-order valence-corrected chi connectivity index (χ0v) is 20.7. The number of phenols is 1. The molecule has 1 aliphatic rings. The molecule has 0 atom stereocenters. The van der Waals surface area contributed by atoms with Gasteiger partial charge < -0.3 is 20.6 Å². The Labute approximate surface area is 209 Å². The first-order valence-electron chi connectivity index (χ1n) is 11.0. The molecule has 3 aromatic rings. The summed E-state index contributed by atoms with van der Waals surface area (Å²) in [5.74, 6) is 2.51. The van der Waals surface area contributed by atoms with Crippen molar-refractivity contribution in [3.05, 3.63) is 51.5 Å². The summed E-state index contributed by atoms with van der Waals surface area (Å²) in [5.41, 5.74) is 1.77. The Balaban J connectivity index is 0.00000306. The van der Waals surface area contributed by atoms with Crippen molar-refractivity contribution in [1.82, 2.24) is 15.3 Å². The van der Waals surface area contributed by atoms with Crippen LogP contribution in [-0.2, 0) is 6.54 Å². The zero-order chi connectivity index (χ0) is 22.7. The van der Waals surface area contributed by atoms with Crippen LogP contribution in [0, 0.1) is 5.92 Å². The molecule has 3 N–H and O–H groups in total. The lowest BCUT2D eigenvalue weighted by Gasteiger charge is -2.29. The number of aromatic nitrogens is 2. The van der Waals surface area contributed by atoms with Crippen molar-refractivity contribution in [1.29, 1.82) is 0 Å². The molecule has 1 fully saturated rings. The molecule has 1 saturated carbocycles. The van der Waals surface area contributed by atoms with Crippen molar-refractivity contribution in [2.45, 2.75) is 45.7 Å². The van der Waals surface area contributed by atoms with E-state index in [1.54, 1.807) is 12.1 Å². The molecule has 0 bridgehead atoms. The number of para-hydroxylation sites is 1. The van der Waals surface area contributed by atoms with E-state index in [0.717, 1.165) is 54.5 Å². The van der Waals surface area contributed by atoms with Crippen LogP contribution in [0.4, 0.5) is 11.8 Å². The molecule has 0 amide bonds. The first kappa shape index (κ1) is 25.5. The lowest BCUT2D eigenvalue weighted by atomic mass is 9.86. The smallest absolute Gasteiger partial charge is 0.225 e. The highest BCUT2D eigenvalue weighted by molar-refractivity contribution is 9.10. The molecule has 1 heterocycles. The van der Waals surface area contributed by atoms with Crippen LogP contribution in [0.3, 0.4) is 0 Å². The highest BCUT2D eigenvalue weighted by Crippen LogP contribution is 2.32. The highest BCUT2D eigenvalue weighted by atomic mass is 79.9. The van der Waals surface area contributed by atoms with Gasteiger partial charge in [0.05, 0.1) is 9.99 Å². The molecule has 1 aromatic heterocycles. The lowest BCUT2D eigenvalue weighted by Crippen LogP contribution is -2.31. The first-order valence-corrected chi connectivity index (χ1v) is 12.2. The van der Waals surface area contributed by atoms with E-state index >= 15 is 0 Å². The monoisotopic (exact) mass is 533 g/mol. The molecule has 178 valence electrons. The number of hydrogen-bond acceptors (Lipinski definition) is 6. The van der Waals surface area contributed by atoms with Crippen LogP contribution in [0.1, 0.15) is 38.7 Å². The van der Waals surface area contributed by atoms with Crippen LogP contribution < -0.4 is 15.5 Å². The minimum atomic E-state index is 0. The number of aromatic hydroxyl groups is 1. The number of hydrogen-bond donors (Lipinski definition) is 3. The summed E-state index contributed by atoms with van der Waals surface area (Å²) in [4.78, 5) is 11.5. The van der Waals surface area contributed by atoms with Crippen LogP contribution in [0.15, 0.2) is 40.9 Å². The zero-order valence-electron chi connectivity index (χ0n) is 18.4. The number of rotatable bonds is 7. The second-order valence-corrected chi connectivity index (χ2v) is 9.96. The number of anilines is 2. The third kappa shape index (κ3) is 6.28. The van der Waals surface area contributed by atoms with E-state index in [4.69, 9.17) is 21.6 Å². The predicted octanol–water partition coefficient (Wildman–Crippen LogP) is 6.21. The van der Waals surface area contributed by atoms with Gasteiger partial charge in [0.1, 0.15) is 11.6 Å². The van der Waals surface area contributed by atoms with Crippen LogP contribution in [0.5, 0.6) is 5.75 Å². The fourth-order valence-corrected chi connectivity index (χ4v) is 5.20.